The Morgan fingerprint density at radius 2 is 2.05 bits per heavy atom. The van der Waals surface area contributed by atoms with Crippen LogP contribution in [-0.2, 0) is 19.6 Å². The number of carboxylic acid groups (broad SMARTS) is 1. The van der Waals surface area contributed by atoms with Crippen LogP contribution in [0.4, 0.5) is 0 Å². The molecule has 2 atom stereocenters. The van der Waals surface area contributed by atoms with Crippen molar-refractivity contribution in [2.45, 2.75) is 31.3 Å². The zero-order valence-corrected chi connectivity index (χ0v) is 11.4. The lowest BCUT2D eigenvalue weighted by atomic mass is 10.0. The second-order valence-electron chi connectivity index (χ2n) is 4.47. The lowest BCUT2D eigenvalue weighted by Crippen LogP contribution is -2.55. The van der Waals surface area contributed by atoms with Crippen LogP contribution in [0.1, 0.15) is 19.3 Å². The highest BCUT2D eigenvalue weighted by Gasteiger charge is 2.35. The van der Waals surface area contributed by atoms with E-state index < -0.39 is 40.6 Å². The first-order chi connectivity index (χ1) is 8.77. The second-order valence-corrected chi connectivity index (χ2v) is 6.40. The maximum atomic E-state index is 11.9. The molecule has 110 valence electrons. The van der Waals surface area contributed by atoms with Gasteiger partial charge in [0, 0.05) is 6.54 Å². The number of carbonyl (C=O) groups excluding carboxylic acids is 1. The number of aliphatic carboxylic acids is 1. The fourth-order valence-electron chi connectivity index (χ4n) is 2.02. The Balaban J connectivity index is 2.81. The van der Waals surface area contributed by atoms with Crippen molar-refractivity contribution in [1.82, 2.24) is 9.62 Å². The molecule has 0 spiro atoms. The highest BCUT2D eigenvalue weighted by atomic mass is 32.2. The first kappa shape index (κ1) is 15.9. The van der Waals surface area contributed by atoms with Crippen molar-refractivity contribution in [1.29, 1.82) is 0 Å². The van der Waals surface area contributed by atoms with Crippen LogP contribution in [0.25, 0.3) is 0 Å². The Bertz CT molecular complexity index is 449. The van der Waals surface area contributed by atoms with Crippen LogP contribution in [-0.4, -0.2) is 66.3 Å². The third kappa shape index (κ3) is 4.15. The fourth-order valence-corrected chi connectivity index (χ4v) is 3.14. The molecule has 0 aromatic rings. The average Bonchev–Trinajstić information content (AvgIpc) is 2.34. The topological polar surface area (TPSA) is 124 Å². The summed E-state index contributed by atoms with van der Waals surface area (Å²) < 4.78 is 24.2. The molecule has 0 radical (unpaired) electrons. The van der Waals surface area contributed by atoms with Gasteiger partial charge in [0.05, 0.1) is 12.9 Å². The van der Waals surface area contributed by atoms with E-state index in [2.05, 4.69) is 5.32 Å². The van der Waals surface area contributed by atoms with Gasteiger partial charge in [-0.2, -0.15) is 4.31 Å². The molecule has 0 aromatic heterocycles. The molecule has 0 aromatic carbocycles. The minimum Gasteiger partial charge on any atom is -0.480 e. The van der Waals surface area contributed by atoms with Crippen molar-refractivity contribution >= 4 is 21.9 Å². The first-order valence-electron chi connectivity index (χ1n) is 5.88. The molecule has 1 saturated heterocycles. The number of piperidine rings is 1. The summed E-state index contributed by atoms with van der Waals surface area (Å²) in [5.74, 6) is -2.05. The van der Waals surface area contributed by atoms with E-state index in [4.69, 9.17) is 10.2 Å². The maximum absolute atomic E-state index is 11.9. The molecule has 8 nitrogen and oxygen atoms in total. The number of aliphatic hydroxyl groups excluding tert-OH is 1. The molecule has 0 aliphatic carbocycles. The zero-order chi connectivity index (χ0) is 14.6. The normalized spacial score (nSPS) is 22.7. The number of hydrogen-bond acceptors (Lipinski definition) is 5. The molecule has 1 aliphatic rings. The van der Waals surface area contributed by atoms with Gasteiger partial charge in [-0.15, -0.1) is 0 Å². The third-order valence-electron chi connectivity index (χ3n) is 2.98. The number of carboxylic acids is 1. The van der Waals surface area contributed by atoms with E-state index in [1.807, 2.05) is 0 Å². The average molecular weight is 294 g/mol. The Labute approximate surface area is 111 Å². The maximum Gasteiger partial charge on any atom is 0.328 e. The van der Waals surface area contributed by atoms with Crippen molar-refractivity contribution in [3.63, 3.8) is 0 Å². The van der Waals surface area contributed by atoms with Crippen LogP contribution in [0, 0.1) is 0 Å². The van der Waals surface area contributed by atoms with Crippen molar-refractivity contribution in [3.8, 4) is 0 Å². The van der Waals surface area contributed by atoms with Gasteiger partial charge in [-0.25, -0.2) is 13.2 Å². The molecule has 0 bridgehead atoms. The highest BCUT2D eigenvalue weighted by Crippen LogP contribution is 2.20. The molecule has 1 aliphatic heterocycles. The van der Waals surface area contributed by atoms with Gasteiger partial charge in [0.25, 0.3) is 0 Å². The number of carbonyl (C=O) groups is 2. The van der Waals surface area contributed by atoms with Gasteiger partial charge in [-0.1, -0.05) is 6.42 Å². The van der Waals surface area contributed by atoms with Crippen LogP contribution in [0.2, 0.25) is 0 Å². The lowest BCUT2D eigenvalue weighted by molar-refractivity contribution is -0.143. The Morgan fingerprint density at radius 1 is 1.42 bits per heavy atom. The molecule has 2 unspecified atom stereocenters. The Morgan fingerprint density at radius 3 is 2.53 bits per heavy atom. The predicted octanol–water partition coefficient (Wildman–Crippen LogP) is -1.64. The molecule has 1 heterocycles. The minimum atomic E-state index is -3.52. The number of rotatable bonds is 5. The monoisotopic (exact) mass is 294 g/mol. The van der Waals surface area contributed by atoms with Crippen LogP contribution in [0.15, 0.2) is 0 Å². The summed E-state index contributed by atoms with van der Waals surface area (Å²) in [4.78, 5) is 22.7. The molecule has 19 heavy (non-hydrogen) atoms. The predicted molar refractivity (Wildman–Crippen MR) is 65.8 cm³/mol. The van der Waals surface area contributed by atoms with Gasteiger partial charge in [-0.05, 0) is 12.8 Å². The molecule has 9 heteroatoms. The largest absolute Gasteiger partial charge is 0.480 e. The van der Waals surface area contributed by atoms with E-state index in [9.17, 15) is 18.0 Å². The minimum absolute atomic E-state index is 0.244. The van der Waals surface area contributed by atoms with Crippen LogP contribution < -0.4 is 5.32 Å². The van der Waals surface area contributed by atoms with Gasteiger partial charge < -0.3 is 15.5 Å². The number of nitrogens with one attached hydrogen (secondary N) is 1. The lowest BCUT2D eigenvalue weighted by Gasteiger charge is -2.33. The van der Waals surface area contributed by atoms with Crippen LogP contribution >= 0.6 is 0 Å². The summed E-state index contributed by atoms with van der Waals surface area (Å²) in [6, 6.07) is -2.33. The smallest absolute Gasteiger partial charge is 0.328 e. The summed E-state index contributed by atoms with van der Waals surface area (Å²) in [5.41, 5.74) is 0. The highest BCUT2D eigenvalue weighted by molar-refractivity contribution is 7.88. The fraction of sp³-hybridized carbons (Fsp3) is 0.800. The van der Waals surface area contributed by atoms with Gasteiger partial charge in [0.1, 0.15) is 12.1 Å². The quantitative estimate of drug-likeness (QED) is 0.559. The van der Waals surface area contributed by atoms with Crippen LogP contribution in [0.3, 0.4) is 0 Å². The number of aliphatic hydroxyl groups is 1. The Kier molecular flexibility index (Phi) is 5.27. The third-order valence-corrected chi connectivity index (χ3v) is 4.27. The number of hydrogen-bond donors (Lipinski definition) is 3. The van der Waals surface area contributed by atoms with Gasteiger partial charge in [0.15, 0.2) is 0 Å². The van der Waals surface area contributed by atoms with Gasteiger partial charge in [0.2, 0.25) is 15.9 Å². The van der Waals surface area contributed by atoms with Gasteiger partial charge >= 0.3 is 5.97 Å². The van der Waals surface area contributed by atoms with E-state index in [1.54, 1.807) is 0 Å². The van der Waals surface area contributed by atoms with E-state index >= 15 is 0 Å². The van der Waals surface area contributed by atoms with Crippen molar-refractivity contribution < 1.29 is 28.2 Å². The molecule has 1 amide bonds. The van der Waals surface area contributed by atoms with Crippen LogP contribution in [0.5, 0.6) is 0 Å². The summed E-state index contributed by atoms with van der Waals surface area (Å²) in [6.45, 7) is -0.500. The first-order valence-corrected chi connectivity index (χ1v) is 7.73. The second kappa shape index (κ2) is 6.31. The summed E-state index contributed by atoms with van der Waals surface area (Å²) in [5, 5.41) is 19.7. The van der Waals surface area contributed by atoms with E-state index in [1.165, 1.54) is 0 Å². The van der Waals surface area contributed by atoms with Crippen molar-refractivity contribution in [2.24, 2.45) is 0 Å². The van der Waals surface area contributed by atoms with Crippen molar-refractivity contribution in [3.05, 3.63) is 0 Å². The molecule has 1 rings (SSSR count). The number of nitrogens with zero attached hydrogens (tertiary/aromatic N) is 1. The molecular formula is C10H18N2O6S. The van der Waals surface area contributed by atoms with Crippen molar-refractivity contribution in [2.75, 3.05) is 19.4 Å². The Hall–Kier alpha value is -1.19. The molecule has 3 N–H and O–H groups in total. The molecule has 0 saturated carbocycles. The van der Waals surface area contributed by atoms with E-state index in [-0.39, 0.29) is 6.54 Å². The van der Waals surface area contributed by atoms with Gasteiger partial charge in [-0.3, -0.25) is 4.79 Å². The number of amides is 1. The molecule has 1 fully saturated rings. The van der Waals surface area contributed by atoms with E-state index in [0.717, 1.165) is 10.6 Å². The summed E-state index contributed by atoms with van der Waals surface area (Å²) >= 11 is 0. The SMILES string of the molecule is CS(=O)(=O)N1CCCCC1C(=O)NC(CO)C(=O)O. The summed E-state index contributed by atoms with van der Waals surface area (Å²) in [7, 11) is -3.52. The number of sulfonamides is 1. The summed E-state index contributed by atoms with van der Waals surface area (Å²) in [6.07, 6.45) is 2.72. The standard InChI is InChI=1S/C10H18N2O6S/c1-19(17,18)12-5-3-2-4-8(12)9(14)11-7(6-13)10(15)16/h7-8,13H,2-6H2,1H3,(H,11,14)(H,15,16). The van der Waals surface area contributed by atoms with E-state index in [0.29, 0.717) is 19.3 Å². The molecular weight excluding hydrogens is 276 g/mol. The zero-order valence-electron chi connectivity index (χ0n) is 10.6.